The Bertz CT molecular complexity index is 1430. The van der Waals surface area contributed by atoms with Crippen LogP contribution in [0, 0.1) is 11.3 Å². The van der Waals surface area contributed by atoms with Gasteiger partial charge in [-0.25, -0.2) is 8.78 Å². The number of rotatable bonds is 8. The second-order valence-corrected chi connectivity index (χ2v) is 13.2. The van der Waals surface area contributed by atoms with Crippen molar-refractivity contribution in [2.45, 2.75) is 100 Å². The molecule has 0 unspecified atom stereocenters. The van der Waals surface area contributed by atoms with Crippen molar-refractivity contribution in [1.29, 1.82) is 0 Å². The van der Waals surface area contributed by atoms with Crippen molar-refractivity contribution in [2.24, 2.45) is 11.3 Å². The number of aromatic nitrogens is 4. The summed E-state index contributed by atoms with van der Waals surface area (Å²) in [5, 5.41) is 17.2. The molecule has 3 aromatic rings. The Morgan fingerprint density at radius 3 is 2.17 bits per heavy atom. The number of fused-ring (bicyclic) bond motifs is 3. The standard InChI is InChI=1S/C30H33F2N5O3/c31-30(32)15-21(16-30)26(38)37(22-3-1-2-20(14-22)25-34-33-23(39-25)18-4-5-18)17-28-8-11-29(12-9-28,13-10-28)27-36-35-24(40-27)19-6-7-19/h1-3,14,18-19,21H,4-13,15-17H2. The molecule has 0 saturated heterocycles. The fraction of sp³-hybridized carbons (Fsp3) is 0.633. The lowest BCUT2D eigenvalue weighted by atomic mass is 9.53. The first kappa shape index (κ1) is 24.6. The molecule has 2 aromatic heterocycles. The molecule has 9 rings (SSSR count). The molecule has 0 aliphatic heterocycles. The molecular weight excluding hydrogens is 516 g/mol. The van der Waals surface area contributed by atoms with Gasteiger partial charge in [-0.05, 0) is 87.8 Å². The molecule has 6 saturated carbocycles. The average molecular weight is 550 g/mol. The average Bonchev–Trinajstić information content (AvgIpc) is 3.89. The number of hydrogen-bond donors (Lipinski definition) is 0. The number of benzene rings is 1. The SMILES string of the molecule is O=C(C1CC(F)(F)C1)N(CC12CCC(c3nnc(C4CC4)o3)(CC1)CC2)c1cccc(-c2nnc(C3CC3)o2)c1. The third kappa shape index (κ3) is 4.25. The Morgan fingerprint density at radius 1 is 0.875 bits per heavy atom. The first-order valence-corrected chi connectivity index (χ1v) is 14.8. The third-order valence-electron chi connectivity index (χ3n) is 10.2. The van der Waals surface area contributed by atoms with Crippen molar-refractivity contribution < 1.29 is 22.4 Å². The summed E-state index contributed by atoms with van der Waals surface area (Å²) in [6.07, 6.45) is 9.25. The van der Waals surface area contributed by atoms with Gasteiger partial charge in [0, 0.05) is 53.8 Å². The Morgan fingerprint density at radius 2 is 1.52 bits per heavy atom. The first-order chi connectivity index (χ1) is 19.3. The summed E-state index contributed by atoms with van der Waals surface area (Å²) >= 11 is 0. The number of amides is 1. The van der Waals surface area contributed by atoms with E-state index in [0.717, 1.165) is 81.6 Å². The third-order valence-corrected chi connectivity index (χ3v) is 10.2. The van der Waals surface area contributed by atoms with Crippen LogP contribution in [-0.2, 0) is 10.2 Å². The predicted molar refractivity (Wildman–Crippen MR) is 140 cm³/mol. The van der Waals surface area contributed by atoms with E-state index in [-0.39, 0.29) is 29.6 Å². The van der Waals surface area contributed by atoms with Gasteiger partial charge in [0.05, 0.1) is 0 Å². The molecule has 6 aliphatic rings. The van der Waals surface area contributed by atoms with Gasteiger partial charge in [-0.15, -0.1) is 20.4 Å². The van der Waals surface area contributed by atoms with Crippen LogP contribution >= 0.6 is 0 Å². The van der Waals surface area contributed by atoms with Crippen LogP contribution in [0.1, 0.15) is 107 Å². The van der Waals surface area contributed by atoms with Gasteiger partial charge >= 0.3 is 0 Å². The van der Waals surface area contributed by atoms with Crippen LogP contribution in [0.25, 0.3) is 11.5 Å². The van der Waals surface area contributed by atoms with Crippen LogP contribution in [0.2, 0.25) is 0 Å². The largest absolute Gasteiger partial charge is 0.424 e. The van der Waals surface area contributed by atoms with Gasteiger partial charge in [-0.3, -0.25) is 4.79 Å². The molecule has 2 bridgehead atoms. The van der Waals surface area contributed by atoms with Crippen LogP contribution in [0.5, 0.6) is 0 Å². The predicted octanol–water partition coefficient (Wildman–Crippen LogP) is 6.54. The lowest BCUT2D eigenvalue weighted by molar-refractivity contribution is -0.148. The number of nitrogens with zero attached hydrogens (tertiary/aromatic N) is 5. The Hall–Kier alpha value is -3.17. The quantitative estimate of drug-likeness (QED) is 0.314. The molecule has 6 aliphatic carbocycles. The number of hydrogen-bond acceptors (Lipinski definition) is 7. The highest BCUT2D eigenvalue weighted by molar-refractivity contribution is 5.96. The Labute approximate surface area is 230 Å². The fourth-order valence-corrected chi connectivity index (χ4v) is 7.11. The first-order valence-electron chi connectivity index (χ1n) is 14.8. The second kappa shape index (κ2) is 8.66. The minimum Gasteiger partial charge on any atom is -0.424 e. The van der Waals surface area contributed by atoms with Crippen molar-refractivity contribution in [3.8, 4) is 11.5 Å². The maximum absolute atomic E-state index is 13.8. The number of carbonyl (C=O) groups is 1. The van der Waals surface area contributed by atoms with Gasteiger partial charge in [0.25, 0.3) is 0 Å². The van der Waals surface area contributed by atoms with E-state index in [1.807, 2.05) is 24.3 Å². The number of anilines is 1. The van der Waals surface area contributed by atoms with Gasteiger partial charge in [0.15, 0.2) is 0 Å². The van der Waals surface area contributed by atoms with Gasteiger partial charge < -0.3 is 13.7 Å². The summed E-state index contributed by atoms with van der Waals surface area (Å²) in [7, 11) is 0. The molecule has 2 heterocycles. The molecule has 0 atom stereocenters. The maximum Gasteiger partial charge on any atom is 0.249 e. The Kier molecular flexibility index (Phi) is 5.33. The maximum atomic E-state index is 13.8. The van der Waals surface area contributed by atoms with Gasteiger partial charge in [0.2, 0.25) is 35.4 Å². The highest BCUT2D eigenvalue weighted by Crippen LogP contribution is 2.58. The Balaban J connectivity index is 1.05. The molecule has 10 heteroatoms. The zero-order valence-corrected chi connectivity index (χ0v) is 22.5. The molecule has 0 spiro atoms. The minimum atomic E-state index is -2.76. The van der Waals surface area contributed by atoms with E-state index in [2.05, 4.69) is 20.4 Å². The fourth-order valence-electron chi connectivity index (χ4n) is 7.11. The van der Waals surface area contributed by atoms with E-state index in [9.17, 15) is 13.6 Å². The highest BCUT2D eigenvalue weighted by Gasteiger charge is 2.55. The molecule has 0 N–H and O–H groups in total. The molecular formula is C30H33F2N5O3. The van der Waals surface area contributed by atoms with Crippen molar-refractivity contribution >= 4 is 11.6 Å². The summed E-state index contributed by atoms with van der Waals surface area (Å²) in [4.78, 5) is 15.5. The topological polar surface area (TPSA) is 98.2 Å². The molecule has 6 fully saturated rings. The summed E-state index contributed by atoms with van der Waals surface area (Å²) in [6, 6.07) is 7.55. The van der Waals surface area contributed by atoms with Crippen molar-refractivity contribution in [3.05, 3.63) is 41.9 Å². The van der Waals surface area contributed by atoms with E-state index in [1.165, 1.54) is 0 Å². The molecule has 0 radical (unpaired) electrons. The summed E-state index contributed by atoms with van der Waals surface area (Å²) in [5.74, 6) is -0.202. The number of halogens is 2. The van der Waals surface area contributed by atoms with Crippen molar-refractivity contribution in [2.75, 3.05) is 11.4 Å². The van der Waals surface area contributed by atoms with Crippen LogP contribution in [0.3, 0.4) is 0 Å². The van der Waals surface area contributed by atoms with Crippen LogP contribution in [-0.4, -0.2) is 38.8 Å². The zero-order valence-electron chi connectivity index (χ0n) is 22.5. The molecule has 210 valence electrons. The van der Waals surface area contributed by atoms with E-state index in [4.69, 9.17) is 8.83 Å². The zero-order chi connectivity index (χ0) is 27.1. The number of alkyl halides is 2. The molecule has 1 amide bonds. The van der Waals surface area contributed by atoms with Crippen molar-refractivity contribution in [3.63, 3.8) is 0 Å². The molecule has 40 heavy (non-hydrogen) atoms. The van der Waals surface area contributed by atoms with E-state index in [1.54, 1.807) is 4.90 Å². The lowest BCUT2D eigenvalue weighted by Crippen LogP contribution is -2.53. The van der Waals surface area contributed by atoms with E-state index in [0.29, 0.717) is 35.8 Å². The van der Waals surface area contributed by atoms with E-state index < -0.39 is 11.8 Å². The van der Waals surface area contributed by atoms with Crippen LogP contribution in [0.15, 0.2) is 33.1 Å². The van der Waals surface area contributed by atoms with Crippen LogP contribution < -0.4 is 4.90 Å². The summed E-state index contributed by atoms with van der Waals surface area (Å²) in [5.41, 5.74) is 1.29. The lowest BCUT2D eigenvalue weighted by Gasteiger charge is -2.53. The second-order valence-electron chi connectivity index (χ2n) is 13.2. The van der Waals surface area contributed by atoms with Gasteiger partial charge in [-0.2, -0.15) is 0 Å². The van der Waals surface area contributed by atoms with Gasteiger partial charge in [-0.1, -0.05) is 6.07 Å². The minimum absolute atomic E-state index is 0.0668. The molecule has 1 aromatic carbocycles. The summed E-state index contributed by atoms with van der Waals surface area (Å²) in [6.45, 7) is 0.516. The molecule has 8 nitrogen and oxygen atoms in total. The van der Waals surface area contributed by atoms with E-state index >= 15 is 0 Å². The highest BCUT2D eigenvalue weighted by atomic mass is 19.3. The monoisotopic (exact) mass is 549 g/mol. The summed E-state index contributed by atoms with van der Waals surface area (Å²) < 4.78 is 39.7. The normalized spacial score (nSPS) is 29.4. The van der Waals surface area contributed by atoms with Crippen molar-refractivity contribution in [1.82, 2.24) is 20.4 Å². The van der Waals surface area contributed by atoms with Crippen LogP contribution in [0.4, 0.5) is 14.5 Å². The smallest absolute Gasteiger partial charge is 0.249 e. The van der Waals surface area contributed by atoms with Gasteiger partial charge in [0.1, 0.15) is 0 Å². The number of carbonyl (C=O) groups excluding carboxylic acids is 1.